The van der Waals surface area contributed by atoms with E-state index in [1.807, 2.05) is 0 Å². The number of ether oxygens (including phenoxy) is 2. The first kappa shape index (κ1) is 19.0. The molecule has 0 radical (unpaired) electrons. The minimum absolute atomic E-state index is 0.0711. The van der Waals surface area contributed by atoms with Crippen molar-refractivity contribution in [2.75, 3.05) is 40.1 Å². The van der Waals surface area contributed by atoms with Gasteiger partial charge in [-0.3, -0.25) is 14.4 Å². The largest absolute Gasteiger partial charge is 0.379 e. The highest BCUT2D eigenvalue weighted by Gasteiger charge is 2.15. The summed E-state index contributed by atoms with van der Waals surface area (Å²) in [5.74, 6) is -0.379. The van der Waals surface area contributed by atoms with Gasteiger partial charge in [0.25, 0.3) is 5.91 Å². The molecule has 1 aromatic rings. The van der Waals surface area contributed by atoms with Crippen LogP contribution in [0.3, 0.4) is 0 Å². The highest BCUT2D eigenvalue weighted by Crippen LogP contribution is 2.09. The Morgan fingerprint density at radius 3 is 2.57 bits per heavy atom. The third-order valence-corrected chi connectivity index (χ3v) is 2.88. The number of hydrogen-bond donors (Lipinski definition) is 0. The van der Waals surface area contributed by atoms with Gasteiger partial charge in [-0.1, -0.05) is 18.2 Å². The third-order valence-electron chi connectivity index (χ3n) is 2.88. The molecule has 0 aliphatic heterocycles. The molecular weight excluding hydrogens is 302 g/mol. The molecule has 0 aromatic heterocycles. The van der Waals surface area contributed by atoms with Crippen LogP contribution in [0.1, 0.15) is 27.1 Å². The second kappa shape index (κ2) is 11.5. The van der Waals surface area contributed by atoms with Crippen LogP contribution >= 0.6 is 0 Å². The molecule has 1 aromatic carbocycles. The van der Waals surface area contributed by atoms with Gasteiger partial charge in [0.2, 0.25) is 0 Å². The van der Waals surface area contributed by atoms with Gasteiger partial charge in [-0.25, -0.2) is 5.06 Å². The Kier molecular flexibility index (Phi) is 9.46. The van der Waals surface area contributed by atoms with Gasteiger partial charge in [0.1, 0.15) is 12.9 Å². The van der Waals surface area contributed by atoms with Crippen LogP contribution in [0, 0.1) is 0 Å². The Labute approximate surface area is 135 Å². The average Bonchev–Trinajstić information content (AvgIpc) is 2.59. The Hall–Kier alpha value is -2.09. The summed E-state index contributed by atoms with van der Waals surface area (Å²) in [4.78, 5) is 38.4. The van der Waals surface area contributed by atoms with Gasteiger partial charge in [-0.05, 0) is 12.5 Å². The van der Waals surface area contributed by atoms with E-state index >= 15 is 0 Å². The lowest BCUT2D eigenvalue weighted by molar-refractivity contribution is -0.113. The van der Waals surface area contributed by atoms with Crippen LogP contribution < -0.4 is 0 Å². The molecule has 0 N–H and O–H groups in total. The zero-order chi connectivity index (χ0) is 16.9. The van der Waals surface area contributed by atoms with Gasteiger partial charge in [-0.2, -0.15) is 0 Å². The van der Waals surface area contributed by atoms with Crippen LogP contribution in [-0.4, -0.2) is 63.6 Å². The van der Waals surface area contributed by atoms with Crippen LogP contribution in [0.25, 0.3) is 0 Å². The quantitative estimate of drug-likeness (QED) is 0.326. The Bertz CT molecular complexity index is 505. The molecule has 0 aliphatic rings. The molecule has 1 rings (SSSR count). The predicted molar refractivity (Wildman–Crippen MR) is 82.2 cm³/mol. The fourth-order valence-corrected chi connectivity index (χ4v) is 1.74. The fraction of sp³-hybridized carbons (Fsp3) is 0.438. The fourth-order valence-electron chi connectivity index (χ4n) is 1.74. The summed E-state index contributed by atoms with van der Waals surface area (Å²) >= 11 is 0. The number of aldehydes is 2. The molecular formula is C16H21NO6. The van der Waals surface area contributed by atoms with E-state index in [0.717, 1.165) is 5.06 Å². The van der Waals surface area contributed by atoms with Crippen molar-refractivity contribution < 1.29 is 28.7 Å². The molecule has 1 amide bonds. The van der Waals surface area contributed by atoms with E-state index in [1.54, 1.807) is 24.3 Å². The Balaban J connectivity index is 2.21. The van der Waals surface area contributed by atoms with Crippen molar-refractivity contribution in [1.29, 1.82) is 0 Å². The Morgan fingerprint density at radius 2 is 1.83 bits per heavy atom. The number of hydrogen-bond acceptors (Lipinski definition) is 6. The molecule has 0 atom stereocenters. The summed E-state index contributed by atoms with van der Waals surface area (Å²) in [5.41, 5.74) is 0.625. The number of hydroxylamine groups is 2. The van der Waals surface area contributed by atoms with Crippen LogP contribution in [0.5, 0.6) is 0 Å². The van der Waals surface area contributed by atoms with Crippen molar-refractivity contribution in [2.24, 2.45) is 0 Å². The summed E-state index contributed by atoms with van der Waals surface area (Å²) in [5, 5.41) is 1.11. The van der Waals surface area contributed by atoms with Crippen LogP contribution in [0.4, 0.5) is 0 Å². The van der Waals surface area contributed by atoms with Crippen LogP contribution in [0.15, 0.2) is 24.3 Å². The first-order valence-corrected chi connectivity index (χ1v) is 7.25. The molecule has 0 saturated heterocycles. The summed E-state index contributed by atoms with van der Waals surface area (Å²) in [6.45, 7) is 1.59. The summed E-state index contributed by atoms with van der Waals surface area (Å²) in [6, 6.07) is 6.54. The van der Waals surface area contributed by atoms with Crippen molar-refractivity contribution in [3.05, 3.63) is 35.4 Å². The molecule has 0 fully saturated rings. The zero-order valence-corrected chi connectivity index (χ0v) is 13.1. The topological polar surface area (TPSA) is 82.1 Å². The highest BCUT2D eigenvalue weighted by molar-refractivity contribution is 6.00. The number of benzene rings is 1. The average molecular weight is 323 g/mol. The molecule has 126 valence electrons. The molecule has 23 heavy (non-hydrogen) atoms. The molecule has 0 unspecified atom stereocenters. The highest BCUT2D eigenvalue weighted by atomic mass is 16.7. The van der Waals surface area contributed by atoms with Crippen molar-refractivity contribution in [3.8, 4) is 0 Å². The van der Waals surface area contributed by atoms with E-state index in [4.69, 9.17) is 14.3 Å². The van der Waals surface area contributed by atoms with Gasteiger partial charge < -0.3 is 14.3 Å². The van der Waals surface area contributed by atoms with E-state index in [-0.39, 0.29) is 12.5 Å². The summed E-state index contributed by atoms with van der Waals surface area (Å²) < 4.78 is 10.2. The van der Waals surface area contributed by atoms with E-state index < -0.39 is 0 Å². The minimum atomic E-state index is -0.379. The van der Waals surface area contributed by atoms with Crippen molar-refractivity contribution in [1.82, 2.24) is 5.06 Å². The minimum Gasteiger partial charge on any atom is -0.379 e. The number of amides is 1. The van der Waals surface area contributed by atoms with Gasteiger partial charge in [0.05, 0.1) is 25.4 Å². The SMILES string of the molecule is CN(OCCCOCCOCC=O)C(=O)c1ccccc1C=O. The maximum Gasteiger partial charge on any atom is 0.277 e. The molecule has 0 bridgehead atoms. The van der Waals surface area contributed by atoms with E-state index in [1.165, 1.54) is 7.05 Å². The number of carbonyl (C=O) groups excluding carboxylic acids is 3. The van der Waals surface area contributed by atoms with Gasteiger partial charge in [0, 0.05) is 19.2 Å². The van der Waals surface area contributed by atoms with Crippen molar-refractivity contribution >= 4 is 18.5 Å². The summed E-state index contributed by atoms with van der Waals surface area (Å²) in [7, 11) is 1.50. The Morgan fingerprint density at radius 1 is 1.09 bits per heavy atom. The number of carbonyl (C=O) groups is 3. The normalized spacial score (nSPS) is 10.3. The maximum atomic E-state index is 12.2. The first-order valence-electron chi connectivity index (χ1n) is 7.25. The van der Waals surface area contributed by atoms with Gasteiger partial charge >= 0.3 is 0 Å². The smallest absolute Gasteiger partial charge is 0.277 e. The van der Waals surface area contributed by atoms with Gasteiger partial charge in [0.15, 0.2) is 6.29 Å². The van der Waals surface area contributed by atoms with E-state index in [0.29, 0.717) is 56.5 Å². The van der Waals surface area contributed by atoms with E-state index in [9.17, 15) is 14.4 Å². The number of rotatable bonds is 12. The predicted octanol–water partition coefficient (Wildman–Crippen LogP) is 1.12. The van der Waals surface area contributed by atoms with Crippen LogP contribution in [0.2, 0.25) is 0 Å². The van der Waals surface area contributed by atoms with Crippen molar-refractivity contribution in [2.45, 2.75) is 6.42 Å². The lowest BCUT2D eigenvalue weighted by atomic mass is 10.1. The lowest BCUT2D eigenvalue weighted by Crippen LogP contribution is -2.28. The molecule has 7 nitrogen and oxygen atoms in total. The standard InChI is InChI=1S/C16H21NO6/c1-17(16(20)15-6-3-2-5-14(15)13-19)23-9-4-8-21-11-12-22-10-7-18/h2-3,5-7,13H,4,8-12H2,1H3. The maximum absolute atomic E-state index is 12.2. The number of nitrogens with zero attached hydrogens (tertiary/aromatic N) is 1. The lowest BCUT2D eigenvalue weighted by Gasteiger charge is -2.17. The zero-order valence-electron chi connectivity index (χ0n) is 13.1. The third kappa shape index (κ3) is 7.14. The van der Waals surface area contributed by atoms with Crippen molar-refractivity contribution in [3.63, 3.8) is 0 Å². The van der Waals surface area contributed by atoms with E-state index in [2.05, 4.69) is 0 Å². The second-order valence-electron chi connectivity index (χ2n) is 4.55. The molecule has 0 spiro atoms. The summed E-state index contributed by atoms with van der Waals surface area (Å²) in [6.07, 6.45) is 1.92. The second-order valence-corrected chi connectivity index (χ2v) is 4.55. The molecule has 0 heterocycles. The van der Waals surface area contributed by atoms with Crippen LogP contribution in [-0.2, 0) is 19.1 Å². The molecule has 0 saturated carbocycles. The first-order chi connectivity index (χ1) is 11.2. The van der Waals surface area contributed by atoms with Gasteiger partial charge in [-0.15, -0.1) is 0 Å². The molecule has 0 aliphatic carbocycles. The monoisotopic (exact) mass is 323 g/mol. The molecule has 7 heteroatoms.